The number of imide groups is 1. The number of carbonyl (C=O) groups is 2. The average molecular weight is 542 g/mol. The second-order valence-corrected chi connectivity index (χ2v) is 9.58. The van der Waals surface area contributed by atoms with E-state index in [4.69, 9.17) is 25.8 Å². The van der Waals surface area contributed by atoms with Crippen molar-refractivity contribution in [1.29, 1.82) is 0 Å². The van der Waals surface area contributed by atoms with E-state index < -0.39 is 5.91 Å². The van der Waals surface area contributed by atoms with Crippen LogP contribution in [0.2, 0.25) is 5.02 Å². The molecule has 192 valence electrons. The summed E-state index contributed by atoms with van der Waals surface area (Å²) in [6.07, 6.45) is 1.60. The smallest absolute Gasteiger partial charge is 0.293 e. The van der Waals surface area contributed by atoms with E-state index in [-0.39, 0.29) is 40.7 Å². The fraction of sp³-hybridized carbons (Fsp3) is 0.214. The Balaban J connectivity index is 1.45. The molecule has 1 saturated heterocycles. The van der Waals surface area contributed by atoms with Crippen molar-refractivity contribution in [3.8, 4) is 17.2 Å². The molecular formula is C28H25ClFNO5S. The van der Waals surface area contributed by atoms with Gasteiger partial charge < -0.3 is 14.2 Å². The molecule has 0 atom stereocenters. The Morgan fingerprint density at radius 3 is 2.54 bits per heavy atom. The van der Waals surface area contributed by atoms with Crippen LogP contribution in [-0.4, -0.2) is 35.8 Å². The third kappa shape index (κ3) is 6.84. The first kappa shape index (κ1) is 26.6. The van der Waals surface area contributed by atoms with Crippen LogP contribution in [-0.2, 0) is 11.4 Å². The number of aryl methyl sites for hydroxylation is 1. The molecule has 3 aromatic carbocycles. The lowest BCUT2D eigenvalue weighted by Crippen LogP contribution is -2.32. The zero-order valence-corrected chi connectivity index (χ0v) is 21.9. The van der Waals surface area contributed by atoms with E-state index in [1.807, 2.05) is 38.1 Å². The van der Waals surface area contributed by atoms with E-state index in [0.29, 0.717) is 29.4 Å². The molecule has 1 fully saturated rings. The van der Waals surface area contributed by atoms with Gasteiger partial charge in [0.15, 0.2) is 11.5 Å². The summed E-state index contributed by atoms with van der Waals surface area (Å²) in [7, 11) is 0. The fourth-order valence-electron chi connectivity index (χ4n) is 3.61. The number of hydrogen-bond acceptors (Lipinski definition) is 6. The van der Waals surface area contributed by atoms with Crippen molar-refractivity contribution in [3.63, 3.8) is 0 Å². The molecule has 37 heavy (non-hydrogen) atoms. The van der Waals surface area contributed by atoms with Crippen molar-refractivity contribution in [2.75, 3.05) is 19.8 Å². The Bertz CT molecular complexity index is 1330. The Hall–Kier alpha value is -3.49. The normalized spacial score (nSPS) is 14.4. The highest BCUT2D eigenvalue weighted by atomic mass is 35.5. The topological polar surface area (TPSA) is 65.1 Å². The second-order valence-electron chi connectivity index (χ2n) is 8.18. The number of ether oxygens (including phenoxy) is 3. The van der Waals surface area contributed by atoms with Gasteiger partial charge in [0.05, 0.1) is 23.1 Å². The lowest BCUT2D eigenvalue weighted by Gasteiger charge is -2.15. The number of amides is 2. The highest BCUT2D eigenvalue weighted by molar-refractivity contribution is 8.18. The monoisotopic (exact) mass is 541 g/mol. The minimum Gasteiger partial charge on any atom is -0.492 e. The molecular weight excluding hydrogens is 517 g/mol. The maximum absolute atomic E-state index is 13.2. The van der Waals surface area contributed by atoms with Gasteiger partial charge in [-0.2, -0.15) is 0 Å². The molecule has 0 saturated carbocycles. The molecule has 0 N–H and O–H groups in total. The van der Waals surface area contributed by atoms with Crippen molar-refractivity contribution in [2.24, 2.45) is 0 Å². The van der Waals surface area contributed by atoms with E-state index in [9.17, 15) is 14.0 Å². The average Bonchev–Trinajstić information content (AvgIpc) is 3.12. The summed E-state index contributed by atoms with van der Waals surface area (Å²) >= 11 is 7.36. The Kier molecular flexibility index (Phi) is 8.74. The standard InChI is InChI=1S/C28H25ClFNO5S/c1-3-34-24-15-20(14-23(29)26(24)36-17-19-7-9-21(30)10-8-19)16-25-27(32)31(28(33)37-25)11-12-35-22-6-4-5-18(2)13-22/h4-10,13-16H,3,11-12,17H2,1-2H3/b25-16-. The van der Waals surface area contributed by atoms with Crippen LogP contribution in [0.1, 0.15) is 23.6 Å². The summed E-state index contributed by atoms with van der Waals surface area (Å²) in [4.78, 5) is 26.8. The lowest BCUT2D eigenvalue weighted by molar-refractivity contribution is -0.123. The largest absolute Gasteiger partial charge is 0.492 e. The minimum absolute atomic E-state index is 0.136. The number of carbonyl (C=O) groups excluding carboxylic acids is 2. The van der Waals surface area contributed by atoms with Gasteiger partial charge in [-0.05, 0) is 84.8 Å². The van der Waals surface area contributed by atoms with Crippen LogP contribution in [0.5, 0.6) is 17.2 Å². The maximum Gasteiger partial charge on any atom is 0.293 e. The minimum atomic E-state index is -0.395. The van der Waals surface area contributed by atoms with Gasteiger partial charge in [0.25, 0.3) is 11.1 Å². The van der Waals surface area contributed by atoms with E-state index >= 15 is 0 Å². The molecule has 3 aromatic rings. The van der Waals surface area contributed by atoms with Gasteiger partial charge in [-0.1, -0.05) is 35.9 Å². The molecule has 1 heterocycles. The van der Waals surface area contributed by atoms with E-state index in [0.717, 1.165) is 27.8 Å². The van der Waals surface area contributed by atoms with Crippen LogP contribution in [0, 0.1) is 12.7 Å². The molecule has 6 nitrogen and oxygen atoms in total. The number of rotatable bonds is 10. The van der Waals surface area contributed by atoms with Crippen molar-refractivity contribution in [1.82, 2.24) is 4.90 Å². The Morgan fingerprint density at radius 2 is 1.81 bits per heavy atom. The van der Waals surface area contributed by atoms with E-state index in [1.54, 1.807) is 30.3 Å². The summed E-state index contributed by atoms with van der Waals surface area (Å²) in [6, 6.07) is 16.9. The van der Waals surface area contributed by atoms with Gasteiger partial charge in [-0.25, -0.2) is 4.39 Å². The predicted octanol–water partition coefficient (Wildman–Crippen LogP) is 6.88. The number of benzene rings is 3. The molecule has 4 rings (SSSR count). The molecule has 2 amide bonds. The zero-order chi connectivity index (χ0) is 26.4. The first-order valence-electron chi connectivity index (χ1n) is 11.6. The summed E-state index contributed by atoms with van der Waals surface area (Å²) in [5.74, 6) is 0.695. The van der Waals surface area contributed by atoms with E-state index in [2.05, 4.69) is 0 Å². The quantitative estimate of drug-likeness (QED) is 0.261. The zero-order valence-electron chi connectivity index (χ0n) is 20.3. The fourth-order valence-corrected chi connectivity index (χ4v) is 4.75. The van der Waals surface area contributed by atoms with Gasteiger partial charge in [0, 0.05) is 0 Å². The van der Waals surface area contributed by atoms with Crippen molar-refractivity contribution in [3.05, 3.63) is 93.1 Å². The van der Waals surface area contributed by atoms with Crippen LogP contribution >= 0.6 is 23.4 Å². The van der Waals surface area contributed by atoms with Crippen LogP contribution < -0.4 is 14.2 Å². The second kappa shape index (κ2) is 12.2. The number of nitrogens with zero attached hydrogens (tertiary/aromatic N) is 1. The van der Waals surface area contributed by atoms with Gasteiger partial charge in [-0.3, -0.25) is 14.5 Å². The molecule has 0 bridgehead atoms. The molecule has 1 aliphatic rings. The van der Waals surface area contributed by atoms with Gasteiger partial charge in [0.2, 0.25) is 0 Å². The Morgan fingerprint density at radius 1 is 1.03 bits per heavy atom. The van der Waals surface area contributed by atoms with Gasteiger partial charge >= 0.3 is 0 Å². The first-order valence-corrected chi connectivity index (χ1v) is 12.8. The summed E-state index contributed by atoms with van der Waals surface area (Å²) < 4.78 is 30.4. The van der Waals surface area contributed by atoms with Crippen molar-refractivity contribution >= 4 is 40.6 Å². The SMILES string of the molecule is CCOc1cc(/C=C2\SC(=O)N(CCOc3cccc(C)c3)C2=O)cc(Cl)c1OCc1ccc(F)cc1. The van der Waals surface area contributed by atoms with Crippen LogP contribution in [0.3, 0.4) is 0 Å². The Labute approximate surface area is 224 Å². The first-order chi connectivity index (χ1) is 17.8. The summed E-state index contributed by atoms with van der Waals surface area (Å²) in [5, 5.41) is -0.0791. The van der Waals surface area contributed by atoms with Crippen molar-refractivity contribution in [2.45, 2.75) is 20.5 Å². The maximum atomic E-state index is 13.2. The number of hydrogen-bond donors (Lipinski definition) is 0. The number of thioether (sulfide) groups is 1. The molecule has 0 aromatic heterocycles. The molecule has 0 aliphatic carbocycles. The molecule has 0 unspecified atom stereocenters. The van der Waals surface area contributed by atoms with Crippen molar-refractivity contribution < 1.29 is 28.2 Å². The molecule has 0 radical (unpaired) electrons. The number of halogens is 2. The molecule has 1 aliphatic heterocycles. The summed E-state index contributed by atoms with van der Waals surface area (Å²) in [5.41, 5.74) is 2.41. The molecule has 9 heteroatoms. The molecule has 0 spiro atoms. The van der Waals surface area contributed by atoms with E-state index in [1.165, 1.54) is 12.1 Å². The van der Waals surface area contributed by atoms with Gasteiger partial charge in [0.1, 0.15) is 24.8 Å². The highest BCUT2D eigenvalue weighted by Crippen LogP contribution is 2.39. The van der Waals surface area contributed by atoms with Crippen LogP contribution in [0.25, 0.3) is 6.08 Å². The predicted molar refractivity (Wildman–Crippen MR) is 143 cm³/mol. The third-order valence-electron chi connectivity index (χ3n) is 5.37. The summed E-state index contributed by atoms with van der Waals surface area (Å²) in [6.45, 7) is 4.65. The highest BCUT2D eigenvalue weighted by Gasteiger charge is 2.35. The third-order valence-corrected chi connectivity index (χ3v) is 6.56. The van der Waals surface area contributed by atoms with Crippen LogP contribution in [0.15, 0.2) is 65.6 Å². The van der Waals surface area contributed by atoms with Crippen LogP contribution in [0.4, 0.5) is 9.18 Å². The van der Waals surface area contributed by atoms with Gasteiger partial charge in [-0.15, -0.1) is 0 Å². The lowest BCUT2D eigenvalue weighted by atomic mass is 10.1.